The number of aliphatic hydroxyl groups is 1. The molecule has 0 radical (unpaired) electrons. The largest absolute Gasteiger partial charge is 0.377 e. The average molecular weight is 160 g/mol. The van der Waals surface area contributed by atoms with Crippen LogP contribution < -0.4 is 0 Å². The second kappa shape index (κ2) is 2.03. The van der Waals surface area contributed by atoms with Crippen LogP contribution in [0.3, 0.4) is 0 Å². The number of hydrogen-bond acceptors (Lipinski definition) is 1. The van der Waals surface area contributed by atoms with Crippen LogP contribution in [0.15, 0.2) is 11.6 Å². The highest BCUT2D eigenvalue weighted by Gasteiger charge is 2.44. The molecule has 2 rings (SSSR count). The first-order valence-corrected chi connectivity index (χ1v) is 3.90. The van der Waals surface area contributed by atoms with Crippen LogP contribution in [0, 0.1) is 11.8 Å². The van der Waals surface area contributed by atoms with Crippen molar-refractivity contribution in [2.75, 3.05) is 0 Å². The monoisotopic (exact) mass is 160 g/mol. The summed E-state index contributed by atoms with van der Waals surface area (Å²) in [6.45, 7) is 0. The predicted octanol–water partition coefficient (Wildman–Crippen LogP) is 1.93. The quantitative estimate of drug-likeness (QED) is 0.581. The molecular weight excluding hydrogens is 150 g/mol. The standard InChI is InChI=1S/C8H10F2O/c9-8(10,11)7-4-5-1-2-6(7)3-5/h4-6,11H,1-3H2/t5-,6+/m1/s1. The number of halogens is 2. The second-order valence-corrected chi connectivity index (χ2v) is 3.43. The minimum atomic E-state index is -3.56. The Morgan fingerprint density at radius 3 is 2.45 bits per heavy atom. The van der Waals surface area contributed by atoms with Crippen molar-refractivity contribution in [1.29, 1.82) is 0 Å². The molecule has 62 valence electrons. The van der Waals surface area contributed by atoms with E-state index in [1.165, 1.54) is 0 Å². The maximum atomic E-state index is 12.4. The molecular formula is C8H10F2O. The first kappa shape index (κ1) is 7.22. The molecule has 2 atom stereocenters. The van der Waals surface area contributed by atoms with Crippen LogP contribution in [0.2, 0.25) is 0 Å². The lowest BCUT2D eigenvalue weighted by Crippen LogP contribution is -2.22. The highest BCUT2D eigenvalue weighted by molar-refractivity contribution is 5.23. The van der Waals surface area contributed by atoms with Gasteiger partial charge in [0.25, 0.3) is 0 Å². The van der Waals surface area contributed by atoms with Crippen LogP contribution in [0.4, 0.5) is 8.78 Å². The van der Waals surface area contributed by atoms with E-state index >= 15 is 0 Å². The van der Waals surface area contributed by atoms with Crippen molar-refractivity contribution in [3.8, 4) is 0 Å². The third kappa shape index (κ3) is 1.07. The molecule has 0 saturated heterocycles. The Morgan fingerprint density at radius 2 is 2.18 bits per heavy atom. The summed E-state index contributed by atoms with van der Waals surface area (Å²) in [5.74, 6) is 0.271. The van der Waals surface area contributed by atoms with Crippen molar-refractivity contribution in [1.82, 2.24) is 0 Å². The first-order valence-electron chi connectivity index (χ1n) is 3.90. The van der Waals surface area contributed by atoms with E-state index in [0.717, 1.165) is 19.3 Å². The molecule has 3 heteroatoms. The summed E-state index contributed by atoms with van der Waals surface area (Å²) in [5.41, 5.74) is -0.0336. The molecule has 1 saturated carbocycles. The number of alkyl halides is 2. The van der Waals surface area contributed by atoms with Crippen molar-refractivity contribution in [3.05, 3.63) is 11.6 Å². The molecule has 0 aromatic rings. The maximum absolute atomic E-state index is 12.4. The molecule has 1 fully saturated rings. The Balaban J connectivity index is 2.23. The SMILES string of the molecule is OC(F)(F)C1=C[C@@H]2CC[C@H]1C2. The molecule has 2 aliphatic carbocycles. The van der Waals surface area contributed by atoms with Crippen molar-refractivity contribution in [2.24, 2.45) is 11.8 Å². The molecule has 0 aliphatic heterocycles. The summed E-state index contributed by atoms with van der Waals surface area (Å²) in [7, 11) is 0. The zero-order valence-corrected chi connectivity index (χ0v) is 6.06. The van der Waals surface area contributed by atoms with Crippen LogP contribution in [0.25, 0.3) is 0 Å². The summed E-state index contributed by atoms with van der Waals surface area (Å²) in [5, 5.41) is 8.44. The summed E-state index contributed by atoms with van der Waals surface area (Å²) in [4.78, 5) is 0. The van der Waals surface area contributed by atoms with Gasteiger partial charge in [-0.2, -0.15) is 8.78 Å². The Kier molecular flexibility index (Phi) is 1.34. The number of hydrogen-bond donors (Lipinski definition) is 1. The van der Waals surface area contributed by atoms with Crippen LogP contribution in [-0.4, -0.2) is 11.2 Å². The topological polar surface area (TPSA) is 20.2 Å². The Bertz CT molecular complexity index is 205. The smallest absolute Gasteiger partial charge is 0.333 e. The zero-order valence-electron chi connectivity index (χ0n) is 6.06. The highest BCUT2D eigenvalue weighted by atomic mass is 19.3. The van der Waals surface area contributed by atoms with Crippen molar-refractivity contribution < 1.29 is 13.9 Å². The molecule has 0 amide bonds. The molecule has 2 aliphatic rings. The summed E-state index contributed by atoms with van der Waals surface area (Å²) in [6, 6.07) is 0. The fourth-order valence-corrected chi connectivity index (χ4v) is 2.19. The minimum absolute atomic E-state index is 0.0336. The fraction of sp³-hybridized carbons (Fsp3) is 0.750. The highest BCUT2D eigenvalue weighted by Crippen LogP contribution is 2.48. The maximum Gasteiger partial charge on any atom is 0.377 e. The van der Waals surface area contributed by atoms with Gasteiger partial charge in [0, 0.05) is 5.57 Å². The summed E-state index contributed by atoms with van der Waals surface area (Å²) >= 11 is 0. The molecule has 1 N–H and O–H groups in total. The third-order valence-corrected chi connectivity index (χ3v) is 2.68. The Labute approximate surface area is 63.7 Å². The molecule has 2 bridgehead atoms. The van der Waals surface area contributed by atoms with E-state index in [9.17, 15) is 8.78 Å². The van der Waals surface area contributed by atoms with Crippen LogP contribution >= 0.6 is 0 Å². The van der Waals surface area contributed by atoms with Gasteiger partial charge < -0.3 is 5.11 Å². The van der Waals surface area contributed by atoms with Crippen molar-refractivity contribution in [3.63, 3.8) is 0 Å². The van der Waals surface area contributed by atoms with Gasteiger partial charge in [0.15, 0.2) is 0 Å². The Hall–Kier alpha value is -0.440. The first-order chi connectivity index (χ1) is 5.07. The van der Waals surface area contributed by atoms with E-state index in [1.807, 2.05) is 0 Å². The molecule has 1 nitrogen and oxygen atoms in total. The fourth-order valence-electron chi connectivity index (χ4n) is 2.19. The number of rotatable bonds is 1. The molecule has 0 aromatic heterocycles. The molecule has 0 heterocycles. The Morgan fingerprint density at radius 1 is 1.45 bits per heavy atom. The van der Waals surface area contributed by atoms with E-state index in [0.29, 0.717) is 5.92 Å². The van der Waals surface area contributed by atoms with Gasteiger partial charge >= 0.3 is 6.11 Å². The van der Waals surface area contributed by atoms with Gasteiger partial charge in [0.1, 0.15) is 0 Å². The van der Waals surface area contributed by atoms with E-state index in [1.54, 1.807) is 6.08 Å². The van der Waals surface area contributed by atoms with Gasteiger partial charge in [0.05, 0.1) is 0 Å². The molecule has 0 spiro atoms. The van der Waals surface area contributed by atoms with Gasteiger partial charge in [-0.3, -0.25) is 0 Å². The molecule has 0 unspecified atom stereocenters. The lowest BCUT2D eigenvalue weighted by molar-refractivity contribution is -0.170. The van der Waals surface area contributed by atoms with E-state index in [-0.39, 0.29) is 11.5 Å². The second-order valence-electron chi connectivity index (χ2n) is 3.43. The third-order valence-electron chi connectivity index (χ3n) is 2.68. The van der Waals surface area contributed by atoms with Crippen LogP contribution in [0.1, 0.15) is 19.3 Å². The molecule has 11 heavy (non-hydrogen) atoms. The van der Waals surface area contributed by atoms with E-state index < -0.39 is 6.11 Å². The number of fused-ring (bicyclic) bond motifs is 2. The minimum Gasteiger partial charge on any atom is -0.333 e. The zero-order chi connectivity index (χ0) is 8.06. The predicted molar refractivity (Wildman–Crippen MR) is 36.1 cm³/mol. The normalized spacial score (nSPS) is 36.1. The van der Waals surface area contributed by atoms with Gasteiger partial charge in [-0.15, -0.1) is 0 Å². The summed E-state index contributed by atoms with van der Waals surface area (Å²) in [6.07, 6.45) is 0.663. The van der Waals surface area contributed by atoms with E-state index in [2.05, 4.69) is 0 Å². The van der Waals surface area contributed by atoms with Gasteiger partial charge in [-0.25, -0.2) is 0 Å². The average Bonchev–Trinajstić information content (AvgIpc) is 2.42. The molecule has 0 aromatic carbocycles. The van der Waals surface area contributed by atoms with E-state index in [4.69, 9.17) is 5.11 Å². The van der Waals surface area contributed by atoms with Crippen molar-refractivity contribution >= 4 is 0 Å². The summed E-state index contributed by atoms with van der Waals surface area (Å²) < 4.78 is 24.7. The van der Waals surface area contributed by atoms with Gasteiger partial charge in [0.2, 0.25) is 0 Å². The lowest BCUT2D eigenvalue weighted by atomic mass is 9.98. The number of allylic oxidation sites excluding steroid dienone is 1. The van der Waals surface area contributed by atoms with Gasteiger partial charge in [-0.1, -0.05) is 6.08 Å². The van der Waals surface area contributed by atoms with Crippen LogP contribution in [0.5, 0.6) is 0 Å². The lowest BCUT2D eigenvalue weighted by Gasteiger charge is -2.17. The van der Waals surface area contributed by atoms with Gasteiger partial charge in [-0.05, 0) is 31.1 Å². The van der Waals surface area contributed by atoms with Crippen molar-refractivity contribution in [2.45, 2.75) is 25.4 Å². The van der Waals surface area contributed by atoms with Crippen LogP contribution in [-0.2, 0) is 0 Å².